The molecule has 13 heavy (non-hydrogen) atoms. The van der Waals surface area contributed by atoms with E-state index in [4.69, 9.17) is 10.5 Å². The van der Waals surface area contributed by atoms with E-state index in [0.29, 0.717) is 6.54 Å². The van der Waals surface area contributed by atoms with E-state index in [1.807, 2.05) is 19.1 Å². The van der Waals surface area contributed by atoms with Crippen LogP contribution in [0.1, 0.15) is 5.56 Å². The molecular formula is C10H16N2O. The Labute approximate surface area is 78.9 Å². The normalized spacial score (nSPS) is 9.77. The lowest BCUT2D eigenvalue weighted by Gasteiger charge is -2.10. The molecule has 3 nitrogen and oxygen atoms in total. The van der Waals surface area contributed by atoms with Gasteiger partial charge in [0.15, 0.2) is 0 Å². The highest BCUT2D eigenvalue weighted by molar-refractivity contribution is 5.57. The van der Waals surface area contributed by atoms with Crippen LogP contribution in [0.2, 0.25) is 0 Å². The van der Waals surface area contributed by atoms with Gasteiger partial charge in [0.25, 0.3) is 0 Å². The second kappa shape index (κ2) is 4.72. The van der Waals surface area contributed by atoms with E-state index in [0.717, 1.165) is 18.0 Å². The van der Waals surface area contributed by atoms with Gasteiger partial charge in [0, 0.05) is 13.1 Å². The maximum absolute atomic E-state index is 5.40. The average Bonchev–Trinajstić information content (AvgIpc) is 2.15. The summed E-state index contributed by atoms with van der Waals surface area (Å²) < 4.78 is 5.19. The van der Waals surface area contributed by atoms with E-state index in [1.165, 1.54) is 5.56 Å². The Bertz CT molecular complexity index is 274. The van der Waals surface area contributed by atoms with Crippen LogP contribution >= 0.6 is 0 Å². The maximum Gasteiger partial charge on any atom is 0.141 e. The molecule has 1 aromatic rings. The Morgan fingerprint density at radius 3 is 2.85 bits per heavy atom. The van der Waals surface area contributed by atoms with Gasteiger partial charge >= 0.3 is 0 Å². The molecule has 3 heteroatoms. The standard InChI is InChI=1S/C10H16N2O/c1-8-3-4-10(13-2)9(7-8)12-6-5-11/h3-4,7,12H,5-6,11H2,1-2H3. The summed E-state index contributed by atoms with van der Waals surface area (Å²) in [4.78, 5) is 0. The van der Waals surface area contributed by atoms with Crippen LogP contribution in [0.5, 0.6) is 5.75 Å². The Kier molecular flexibility index (Phi) is 3.58. The number of nitrogens with two attached hydrogens (primary N) is 1. The molecule has 0 fully saturated rings. The SMILES string of the molecule is COc1ccc(C)cc1NCCN. The van der Waals surface area contributed by atoms with Crippen LogP contribution in [-0.2, 0) is 0 Å². The first kappa shape index (κ1) is 9.86. The minimum atomic E-state index is 0.622. The molecule has 72 valence electrons. The number of nitrogens with one attached hydrogen (secondary N) is 1. The molecule has 0 radical (unpaired) electrons. The molecule has 0 saturated heterocycles. The molecule has 1 aromatic carbocycles. The number of aryl methyl sites for hydroxylation is 1. The van der Waals surface area contributed by atoms with Crippen molar-refractivity contribution in [2.45, 2.75) is 6.92 Å². The van der Waals surface area contributed by atoms with Gasteiger partial charge in [0.05, 0.1) is 12.8 Å². The summed E-state index contributed by atoms with van der Waals surface area (Å²) in [5, 5.41) is 3.20. The van der Waals surface area contributed by atoms with E-state index >= 15 is 0 Å². The predicted octanol–water partition coefficient (Wildman–Crippen LogP) is 1.37. The minimum Gasteiger partial charge on any atom is -0.495 e. The quantitative estimate of drug-likeness (QED) is 0.735. The highest BCUT2D eigenvalue weighted by Gasteiger charge is 2.00. The molecule has 0 amide bonds. The lowest BCUT2D eigenvalue weighted by atomic mass is 10.2. The van der Waals surface area contributed by atoms with E-state index in [9.17, 15) is 0 Å². The van der Waals surface area contributed by atoms with Gasteiger partial charge < -0.3 is 15.8 Å². The van der Waals surface area contributed by atoms with Crippen molar-refractivity contribution in [2.75, 3.05) is 25.5 Å². The van der Waals surface area contributed by atoms with Crippen molar-refractivity contribution in [3.63, 3.8) is 0 Å². The van der Waals surface area contributed by atoms with Crippen LogP contribution < -0.4 is 15.8 Å². The van der Waals surface area contributed by atoms with Crippen LogP contribution in [0.3, 0.4) is 0 Å². The second-order valence-electron chi connectivity index (χ2n) is 2.92. The number of ether oxygens (including phenoxy) is 1. The Morgan fingerprint density at radius 1 is 1.46 bits per heavy atom. The highest BCUT2D eigenvalue weighted by atomic mass is 16.5. The molecule has 3 N–H and O–H groups in total. The summed E-state index contributed by atoms with van der Waals surface area (Å²) in [7, 11) is 1.66. The fraction of sp³-hybridized carbons (Fsp3) is 0.400. The molecule has 0 heterocycles. The first-order chi connectivity index (χ1) is 6.27. The molecule has 1 rings (SSSR count). The van der Waals surface area contributed by atoms with Crippen molar-refractivity contribution in [1.29, 1.82) is 0 Å². The van der Waals surface area contributed by atoms with Gasteiger partial charge in [-0.15, -0.1) is 0 Å². The lowest BCUT2D eigenvalue weighted by Crippen LogP contribution is -2.13. The monoisotopic (exact) mass is 180 g/mol. The smallest absolute Gasteiger partial charge is 0.141 e. The Balaban J connectivity index is 2.81. The first-order valence-corrected chi connectivity index (χ1v) is 4.36. The maximum atomic E-state index is 5.40. The van der Waals surface area contributed by atoms with Crippen molar-refractivity contribution >= 4 is 5.69 Å². The third kappa shape index (κ3) is 2.63. The van der Waals surface area contributed by atoms with Crippen LogP contribution in [0, 0.1) is 6.92 Å². The van der Waals surface area contributed by atoms with Gasteiger partial charge in [-0.1, -0.05) is 6.07 Å². The molecular weight excluding hydrogens is 164 g/mol. The van der Waals surface area contributed by atoms with Gasteiger partial charge in [-0.25, -0.2) is 0 Å². The number of hydrogen-bond donors (Lipinski definition) is 2. The van der Waals surface area contributed by atoms with E-state index in [1.54, 1.807) is 7.11 Å². The van der Waals surface area contributed by atoms with Gasteiger partial charge in [-0.2, -0.15) is 0 Å². The third-order valence-corrected chi connectivity index (χ3v) is 1.81. The van der Waals surface area contributed by atoms with Crippen molar-refractivity contribution in [1.82, 2.24) is 0 Å². The topological polar surface area (TPSA) is 47.3 Å². The van der Waals surface area contributed by atoms with Crippen molar-refractivity contribution in [3.05, 3.63) is 23.8 Å². The molecule has 0 aromatic heterocycles. The Morgan fingerprint density at radius 2 is 2.23 bits per heavy atom. The summed E-state index contributed by atoms with van der Waals surface area (Å²) in [5.41, 5.74) is 7.62. The third-order valence-electron chi connectivity index (χ3n) is 1.81. The number of rotatable bonds is 4. The van der Waals surface area contributed by atoms with Crippen LogP contribution in [-0.4, -0.2) is 20.2 Å². The van der Waals surface area contributed by atoms with Gasteiger partial charge in [0.2, 0.25) is 0 Å². The van der Waals surface area contributed by atoms with E-state index in [-0.39, 0.29) is 0 Å². The zero-order valence-corrected chi connectivity index (χ0v) is 8.13. The van der Waals surface area contributed by atoms with Crippen molar-refractivity contribution in [2.24, 2.45) is 5.73 Å². The zero-order chi connectivity index (χ0) is 9.68. The minimum absolute atomic E-state index is 0.622. The van der Waals surface area contributed by atoms with Crippen molar-refractivity contribution in [3.8, 4) is 5.75 Å². The summed E-state index contributed by atoms with van der Waals surface area (Å²) in [6, 6.07) is 6.02. The summed E-state index contributed by atoms with van der Waals surface area (Å²) >= 11 is 0. The molecule has 0 unspecified atom stereocenters. The van der Waals surface area contributed by atoms with Crippen LogP contribution in [0.25, 0.3) is 0 Å². The fourth-order valence-corrected chi connectivity index (χ4v) is 1.17. The van der Waals surface area contributed by atoms with Gasteiger partial charge in [-0.3, -0.25) is 0 Å². The number of hydrogen-bond acceptors (Lipinski definition) is 3. The van der Waals surface area contributed by atoms with E-state index in [2.05, 4.69) is 11.4 Å². The second-order valence-corrected chi connectivity index (χ2v) is 2.92. The molecule has 0 bridgehead atoms. The summed E-state index contributed by atoms with van der Waals surface area (Å²) in [5.74, 6) is 0.860. The average molecular weight is 180 g/mol. The Hall–Kier alpha value is -1.22. The summed E-state index contributed by atoms with van der Waals surface area (Å²) in [6.07, 6.45) is 0. The number of methoxy groups -OCH3 is 1. The van der Waals surface area contributed by atoms with E-state index < -0.39 is 0 Å². The highest BCUT2D eigenvalue weighted by Crippen LogP contribution is 2.24. The fourth-order valence-electron chi connectivity index (χ4n) is 1.17. The van der Waals surface area contributed by atoms with Crippen molar-refractivity contribution < 1.29 is 4.74 Å². The largest absolute Gasteiger partial charge is 0.495 e. The molecule has 0 spiro atoms. The molecule has 0 saturated carbocycles. The molecule has 0 aliphatic heterocycles. The molecule has 0 atom stereocenters. The molecule has 0 aliphatic rings. The lowest BCUT2D eigenvalue weighted by molar-refractivity contribution is 0.416. The zero-order valence-electron chi connectivity index (χ0n) is 8.13. The first-order valence-electron chi connectivity index (χ1n) is 4.36. The number of benzene rings is 1. The van der Waals surface area contributed by atoms with Crippen LogP contribution in [0.15, 0.2) is 18.2 Å². The molecule has 0 aliphatic carbocycles. The predicted molar refractivity (Wildman–Crippen MR) is 55.3 cm³/mol. The summed E-state index contributed by atoms with van der Waals surface area (Å²) in [6.45, 7) is 3.43. The van der Waals surface area contributed by atoms with Crippen LogP contribution in [0.4, 0.5) is 5.69 Å². The number of anilines is 1. The van der Waals surface area contributed by atoms with Gasteiger partial charge in [-0.05, 0) is 24.6 Å². The van der Waals surface area contributed by atoms with Gasteiger partial charge in [0.1, 0.15) is 5.75 Å².